The Balaban J connectivity index is 1.94. The summed E-state index contributed by atoms with van der Waals surface area (Å²) in [5.41, 5.74) is 1.36. The number of amidine groups is 1. The number of carbonyl (C=O) groups is 1. The molecule has 1 heterocycles. The Kier molecular flexibility index (Phi) is 6.54. The molecule has 0 radical (unpaired) electrons. The fourth-order valence-electron chi connectivity index (χ4n) is 2.60. The summed E-state index contributed by atoms with van der Waals surface area (Å²) in [6, 6.07) is 10.4. The van der Waals surface area contributed by atoms with Gasteiger partial charge in [0.05, 0.1) is 27.7 Å². The normalized spacial score (nSPS) is 17.0. The lowest BCUT2D eigenvalue weighted by Crippen LogP contribution is -2.29. The first-order valence-corrected chi connectivity index (χ1v) is 10.1. The number of hydrogen-bond acceptors (Lipinski definition) is 5. The maximum atomic E-state index is 12.9. The molecule has 0 atom stereocenters. The lowest BCUT2D eigenvalue weighted by atomic mass is 10.2. The van der Waals surface area contributed by atoms with Crippen molar-refractivity contribution in [2.75, 3.05) is 13.7 Å². The van der Waals surface area contributed by atoms with Gasteiger partial charge in [0.2, 0.25) is 0 Å². The van der Waals surface area contributed by atoms with Crippen molar-refractivity contribution in [3.05, 3.63) is 56.9 Å². The van der Waals surface area contributed by atoms with Gasteiger partial charge in [-0.1, -0.05) is 30.1 Å². The van der Waals surface area contributed by atoms with E-state index in [1.165, 1.54) is 11.8 Å². The molecule has 146 valence electrons. The number of ether oxygens (including phenoxy) is 1. The monoisotopic (exact) mass is 436 g/mol. The summed E-state index contributed by atoms with van der Waals surface area (Å²) in [6.07, 6.45) is 2.50. The highest BCUT2D eigenvalue weighted by atomic mass is 35.5. The Morgan fingerprint density at radius 3 is 2.43 bits per heavy atom. The minimum absolute atomic E-state index is 0.126. The van der Waals surface area contributed by atoms with Gasteiger partial charge in [-0.3, -0.25) is 9.69 Å². The maximum Gasteiger partial charge on any atom is 0.266 e. The van der Waals surface area contributed by atoms with E-state index in [4.69, 9.17) is 27.9 Å². The number of aromatic hydroxyl groups is 1. The Bertz CT molecular complexity index is 935. The summed E-state index contributed by atoms with van der Waals surface area (Å²) in [6.45, 7) is 2.57. The van der Waals surface area contributed by atoms with E-state index >= 15 is 0 Å². The smallest absolute Gasteiger partial charge is 0.266 e. The second-order valence-electron chi connectivity index (χ2n) is 5.99. The van der Waals surface area contributed by atoms with Crippen LogP contribution in [0, 0.1) is 0 Å². The van der Waals surface area contributed by atoms with Gasteiger partial charge < -0.3 is 9.84 Å². The fraction of sp³-hybridized carbons (Fsp3) is 0.200. The second kappa shape index (κ2) is 8.90. The molecule has 3 rings (SSSR count). The average Bonchev–Trinajstić information content (AvgIpc) is 2.96. The lowest BCUT2D eigenvalue weighted by molar-refractivity contribution is -0.122. The van der Waals surface area contributed by atoms with Gasteiger partial charge in [-0.2, -0.15) is 0 Å². The molecule has 1 aliphatic rings. The number of rotatable bonds is 5. The van der Waals surface area contributed by atoms with Crippen molar-refractivity contribution in [1.82, 2.24) is 4.90 Å². The van der Waals surface area contributed by atoms with Crippen LogP contribution >= 0.6 is 35.0 Å². The number of halogens is 2. The molecule has 0 saturated carbocycles. The highest BCUT2D eigenvalue weighted by molar-refractivity contribution is 8.18. The van der Waals surface area contributed by atoms with E-state index in [0.29, 0.717) is 22.2 Å². The Morgan fingerprint density at radius 2 is 1.86 bits per heavy atom. The van der Waals surface area contributed by atoms with Crippen LogP contribution in [0.3, 0.4) is 0 Å². The standard InChI is InChI=1S/C20H18Cl2N2O3S/c1-3-8-24-19(26)17(11-12-9-15(21)18(25)16(22)10-12)28-20(24)23-13-4-6-14(27-2)7-5-13/h4-7,9-11,25H,3,8H2,1-2H3. The maximum absolute atomic E-state index is 12.9. The molecule has 2 aromatic rings. The van der Waals surface area contributed by atoms with Crippen molar-refractivity contribution in [3.8, 4) is 11.5 Å². The van der Waals surface area contributed by atoms with Crippen LogP contribution < -0.4 is 4.74 Å². The van der Waals surface area contributed by atoms with Crippen molar-refractivity contribution in [1.29, 1.82) is 0 Å². The van der Waals surface area contributed by atoms with Crippen LogP contribution in [0.1, 0.15) is 18.9 Å². The molecule has 0 aromatic heterocycles. The number of amides is 1. The minimum Gasteiger partial charge on any atom is -0.505 e. The predicted molar refractivity (Wildman–Crippen MR) is 116 cm³/mol. The van der Waals surface area contributed by atoms with Crippen LogP contribution in [0.25, 0.3) is 6.08 Å². The topological polar surface area (TPSA) is 62.1 Å². The largest absolute Gasteiger partial charge is 0.505 e. The van der Waals surface area contributed by atoms with Crippen LogP contribution in [-0.2, 0) is 4.79 Å². The summed E-state index contributed by atoms with van der Waals surface area (Å²) in [5, 5.41) is 10.6. The summed E-state index contributed by atoms with van der Waals surface area (Å²) in [4.78, 5) is 19.6. The van der Waals surface area contributed by atoms with E-state index in [-0.39, 0.29) is 21.7 Å². The van der Waals surface area contributed by atoms with Crippen molar-refractivity contribution in [2.24, 2.45) is 4.99 Å². The van der Waals surface area contributed by atoms with Gasteiger partial charge in [-0.15, -0.1) is 0 Å². The molecule has 8 heteroatoms. The molecular weight excluding hydrogens is 419 g/mol. The third kappa shape index (κ3) is 4.46. The van der Waals surface area contributed by atoms with Crippen molar-refractivity contribution in [3.63, 3.8) is 0 Å². The number of benzene rings is 2. The summed E-state index contributed by atoms with van der Waals surface area (Å²) in [5.74, 6) is 0.441. The second-order valence-corrected chi connectivity index (χ2v) is 7.82. The Hall–Kier alpha value is -2.15. The Labute approximate surface area is 177 Å². The van der Waals surface area contributed by atoms with E-state index in [1.54, 1.807) is 30.2 Å². The third-order valence-corrected chi connectivity index (χ3v) is 5.55. The van der Waals surface area contributed by atoms with Gasteiger partial charge in [-0.05, 0) is 66.2 Å². The van der Waals surface area contributed by atoms with Gasteiger partial charge >= 0.3 is 0 Å². The van der Waals surface area contributed by atoms with E-state index in [9.17, 15) is 9.90 Å². The van der Waals surface area contributed by atoms with Crippen LogP contribution in [-0.4, -0.2) is 34.7 Å². The van der Waals surface area contributed by atoms with Crippen molar-refractivity contribution >= 4 is 57.8 Å². The lowest BCUT2D eigenvalue weighted by Gasteiger charge is -2.14. The number of aliphatic imine (C=N–C) groups is 1. The van der Waals surface area contributed by atoms with Crippen LogP contribution in [0.4, 0.5) is 5.69 Å². The highest BCUT2D eigenvalue weighted by Gasteiger charge is 2.32. The predicted octanol–water partition coefficient (Wildman–Crippen LogP) is 5.72. The quantitative estimate of drug-likeness (QED) is 0.608. The molecule has 28 heavy (non-hydrogen) atoms. The molecule has 2 aromatic carbocycles. The van der Waals surface area contributed by atoms with E-state index in [2.05, 4.69) is 4.99 Å². The number of hydrogen-bond donors (Lipinski definition) is 1. The molecule has 0 aliphatic carbocycles. The first kappa shape index (κ1) is 20.6. The number of phenols is 1. The summed E-state index contributed by atoms with van der Waals surface area (Å²) < 4.78 is 5.16. The van der Waals surface area contributed by atoms with Gasteiger partial charge in [0, 0.05) is 6.54 Å². The van der Waals surface area contributed by atoms with Crippen LogP contribution in [0.2, 0.25) is 10.0 Å². The average molecular weight is 437 g/mol. The minimum atomic E-state index is -0.176. The molecule has 0 unspecified atom stereocenters. The first-order chi connectivity index (χ1) is 13.4. The zero-order valence-corrected chi connectivity index (χ0v) is 17.6. The van der Waals surface area contributed by atoms with Gasteiger partial charge in [0.15, 0.2) is 10.9 Å². The van der Waals surface area contributed by atoms with Gasteiger partial charge in [0.25, 0.3) is 5.91 Å². The third-order valence-electron chi connectivity index (χ3n) is 3.97. The zero-order valence-electron chi connectivity index (χ0n) is 15.3. The molecule has 1 amide bonds. The summed E-state index contributed by atoms with van der Waals surface area (Å²) >= 11 is 13.3. The number of nitrogens with zero attached hydrogens (tertiary/aromatic N) is 2. The molecule has 0 spiro atoms. The van der Waals surface area contributed by atoms with E-state index in [0.717, 1.165) is 17.9 Å². The number of phenolic OH excluding ortho intramolecular Hbond substituents is 1. The molecule has 1 aliphatic heterocycles. The molecular formula is C20H18Cl2N2O3S. The molecule has 1 fully saturated rings. The fourth-order valence-corrected chi connectivity index (χ4v) is 4.13. The van der Waals surface area contributed by atoms with Gasteiger partial charge in [-0.25, -0.2) is 4.99 Å². The molecule has 1 saturated heterocycles. The zero-order chi connectivity index (χ0) is 20.3. The number of methoxy groups -OCH3 is 1. The number of thioether (sulfide) groups is 1. The van der Waals surface area contributed by atoms with E-state index < -0.39 is 0 Å². The van der Waals surface area contributed by atoms with Gasteiger partial charge in [0.1, 0.15) is 5.75 Å². The van der Waals surface area contributed by atoms with Crippen LogP contribution in [0.15, 0.2) is 46.3 Å². The molecule has 0 bridgehead atoms. The SMILES string of the molecule is CCCN1C(=O)C(=Cc2cc(Cl)c(O)c(Cl)c2)SC1=Nc1ccc(OC)cc1. The van der Waals surface area contributed by atoms with Crippen molar-refractivity contribution in [2.45, 2.75) is 13.3 Å². The first-order valence-electron chi connectivity index (χ1n) is 8.55. The van der Waals surface area contributed by atoms with E-state index in [1.807, 2.05) is 31.2 Å². The highest BCUT2D eigenvalue weighted by Crippen LogP contribution is 2.37. The van der Waals surface area contributed by atoms with Crippen molar-refractivity contribution < 1.29 is 14.6 Å². The van der Waals surface area contributed by atoms with Crippen LogP contribution in [0.5, 0.6) is 11.5 Å². The molecule has 5 nitrogen and oxygen atoms in total. The number of carbonyl (C=O) groups excluding carboxylic acids is 1. The Morgan fingerprint density at radius 1 is 1.21 bits per heavy atom. The molecule has 1 N–H and O–H groups in total. The summed E-state index contributed by atoms with van der Waals surface area (Å²) in [7, 11) is 1.61.